The Balaban J connectivity index is 1.78. The van der Waals surface area contributed by atoms with Crippen molar-refractivity contribution in [2.75, 3.05) is 11.4 Å². The number of halogens is 1. The summed E-state index contributed by atoms with van der Waals surface area (Å²) in [5, 5.41) is 8.61. The molecule has 22 heavy (non-hydrogen) atoms. The van der Waals surface area contributed by atoms with E-state index in [2.05, 4.69) is 4.90 Å². The van der Waals surface area contributed by atoms with Crippen LogP contribution in [0.25, 0.3) is 0 Å². The number of hydroxylamine groups is 1. The molecule has 1 aliphatic heterocycles. The van der Waals surface area contributed by atoms with Gasteiger partial charge in [0.05, 0.1) is 0 Å². The van der Waals surface area contributed by atoms with Crippen LogP contribution >= 0.6 is 0 Å². The number of carbonyl (C=O) groups is 1. The van der Waals surface area contributed by atoms with Gasteiger partial charge in [0.15, 0.2) is 0 Å². The van der Waals surface area contributed by atoms with Crippen molar-refractivity contribution in [1.82, 2.24) is 5.48 Å². The molecule has 0 radical (unpaired) electrons. The lowest BCUT2D eigenvalue weighted by Crippen LogP contribution is -2.28. The van der Waals surface area contributed by atoms with Crippen LogP contribution in [0.15, 0.2) is 42.5 Å². The van der Waals surface area contributed by atoms with Crippen molar-refractivity contribution >= 4 is 11.6 Å². The fourth-order valence-electron chi connectivity index (χ4n) is 2.85. The third-order valence-electron chi connectivity index (χ3n) is 3.95. The molecule has 4 nitrogen and oxygen atoms in total. The van der Waals surface area contributed by atoms with Crippen molar-refractivity contribution in [3.63, 3.8) is 0 Å². The number of benzene rings is 2. The molecule has 0 unspecified atom stereocenters. The largest absolute Gasteiger partial charge is 0.367 e. The Morgan fingerprint density at radius 3 is 2.73 bits per heavy atom. The van der Waals surface area contributed by atoms with Crippen LogP contribution < -0.4 is 10.4 Å². The second-order valence-corrected chi connectivity index (χ2v) is 5.44. The van der Waals surface area contributed by atoms with E-state index < -0.39 is 5.91 Å². The van der Waals surface area contributed by atoms with Gasteiger partial charge in [0, 0.05) is 24.3 Å². The van der Waals surface area contributed by atoms with Crippen LogP contribution in [0.5, 0.6) is 0 Å². The number of fused-ring (bicyclic) bond motifs is 1. The minimum atomic E-state index is -0.523. The number of rotatable bonds is 3. The van der Waals surface area contributed by atoms with Crippen molar-refractivity contribution in [3.05, 3.63) is 65.0 Å². The summed E-state index contributed by atoms with van der Waals surface area (Å²) in [6.45, 7) is 1.64. The van der Waals surface area contributed by atoms with Gasteiger partial charge in [-0.15, -0.1) is 0 Å². The molecule has 2 aromatic rings. The summed E-state index contributed by atoms with van der Waals surface area (Å²) in [7, 11) is 0. The second kappa shape index (κ2) is 6.15. The van der Waals surface area contributed by atoms with Crippen LogP contribution in [0.3, 0.4) is 0 Å². The number of hydrogen-bond donors (Lipinski definition) is 2. The molecule has 0 spiro atoms. The molecule has 0 aromatic heterocycles. The van der Waals surface area contributed by atoms with Crippen molar-refractivity contribution in [2.24, 2.45) is 0 Å². The van der Waals surface area contributed by atoms with E-state index in [4.69, 9.17) is 5.21 Å². The maximum atomic E-state index is 13.3. The number of nitrogens with one attached hydrogen (secondary N) is 1. The molecule has 114 valence electrons. The topological polar surface area (TPSA) is 52.6 Å². The van der Waals surface area contributed by atoms with E-state index in [9.17, 15) is 9.18 Å². The molecule has 0 fully saturated rings. The maximum absolute atomic E-state index is 13.3. The van der Waals surface area contributed by atoms with Gasteiger partial charge in [0.2, 0.25) is 0 Å². The Hall–Kier alpha value is -2.40. The van der Waals surface area contributed by atoms with E-state index in [0.29, 0.717) is 12.1 Å². The second-order valence-electron chi connectivity index (χ2n) is 5.44. The first-order valence-corrected chi connectivity index (χ1v) is 7.24. The van der Waals surface area contributed by atoms with E-state index in [1.54, 1.807) is 23.7 Å². The minimum absolute atomic E-state index is 0.194. The first-order valence-electron chi connectivity index (χ1n) is 7.24. The molecule has 2 N–H and O–H groups in total. The summed E-state index contributed by atoms with van der Waals surface area (Å²) in [4.78, 5) is 13.5. The summed E-state index contributed by atoms with van der Waals surface area (Å²) >= 11 is 0. The summed E-state index contributed by atoms with van der Waals surface area (Å²) in [6.07, 6.45) is 1.90. The van der Waals surface area contributed by atoms with Crippen molar-refractivity contribution in [2.45, 2.75) is 19.4 Å². The SMILES string of the molecule is O=C(NO)c1ccc(CN2CCCc3cc(F)ccc32)cc1. The molecule has 5 heteroatoms. The number of carbonyl (C=O) groups excluding carboxylic acids is 1. The molecule has 0 atom stereocenters. The van der Waals surface area contributed by atoms with Crippen LogP contribution in [-0.4, -0.2) is 17.7 Å². The summed E-state index contributed by atoms with van der Waals surface area (Å²) in [6, 6.07) is 12.0. The van der Waals surface area contributed by atoms with Gasteiger partial charge in [0.1, 0.15) is 5.82 Å². The van der Waals surface area contributed by atoms with Gasteiger partial charge in [0.25, 0.3) is 5.91 Å². The number of nitrogens with zero attached hydrogens (tertiary/aromatic N) is 1. The highest BCUT2D eigenvalue weighted by molar-refractivity contribution is 5.93. The first kappa shape index (κ1) is 14.5. The van der Waals surface area contributed by atoms with Gasteiger partial charge in [-0.05, 0) is 54.3 Å². The minimum Gasteiger partial charge on any atom is -0.367 e. The lowest BCUT2D eigenvalue weighted by Gasteiger charge is -2.31. The maximum Gasteiger partial charge on any atom is 0.274 e. The number of aryl methyl sites for hydroxylation is 1. The highest BCUT2D eigenvalue weighted by Crippen LogP contribution is 2.29. The van der Waals surface area contributed by atoms with Crippen molar-refractivity contribution < 1.29 is 14.4 Å². The molecule has 0 aliphatic carbocycles. The third-order valence-corrected chi connectivity index (χ3v) is 3.95. The first-order chi connectivity index (χ1) is 10.7. The normalized spacial score (nSPS) is 13.6. The molecule has 1 heterocycles. The zero-order valence-corrected chi connectivity index (χ0v) is 12.1. The van der Waals surface area contributed by atoms with E-state index in [-0.39, 0.29) is 5.82 Å². The van der Waals surface area contributed by atoms with Gasteiger partial charge in [-0.3, -0.25) is 10.0 Å². The Morgan fingerprint density at radius 1 is 1.23 bits per heavy atom. The average molecular weight is 300 g/mol. The van der Waals surface area contributed by atoms with Gasteiger partial charge in [-0.25, -0.2) is 9.87 Å². The van der Waals surface area contributed by atoms with Gasteiger partial charge < -0.3 is 4.90 Å². The van der Waals surface area contributed by atoms with Crippen LogP contribution in [-0.2, 0) is 13.0 Å². The van der Waals surface area contributed by atoms with E-state index in [0.717, 1.165) is 36.2 Å². The van der Waals surface area contributed by atoms with Gasteiger partial charge in [-0.1, -0.05) is 12.1 Å². The highest BCUT2D eigenvalue weighted by atomic mass is 19.1. The smallest absolute Gasteiger partial charge is 0.274 e. The highest BCUT2D eigenvalue weighted by Gasteiger charge is 2.17. The average Bonchev–Trinajstić information content (AvgIpc) is 2.55. The number of hydrogen-bond acceptors (Lipinski definition) is 3. The van der Waals surface area contributed by atoms with E-state index in [1.807, 2.05) is 18.2 Å². The standard InChI is InChI=1S/C17H17FN2O2/c18-15-7-8-16-14(10-15)2-1-9-20(16)11-12-3-5-13(6-4-12)17(21)19-22/h3-8,10,22H,1-2,9,11H2,(H,19,21). The molecule has 0 bridgehead atoms. The molecule has 0 saturated heterocycles. The summed E-state index contributed by atoms with van der Waals surface area (Å²) < 4.78 is 13.3. The monoisotopic (exact) mass is 300 g/mol. The van der Waals surface area contributed by atoms with Crippen LogP contribution in [0, 0.1) is 5.82 Å². The number of anilines is 1. The quantitative estimate of drug-likeness (QED) is 0.677. The molecular weight excluding hydrogens is 283 g/mol. The Bertz CT molecular complexity index is 686. The lowest BCUT2D eigenvalue weighted by atomic mass is 10.0. The zero-order valence-electron chi connectivity index (χ0n) is 12.1. The van der Waals surface area contributed by atoms with Gasteiger partial charge in [-0.2, -0.15) is 0 Å². The molecule has 1 amide bonds. The summed E-state index contributed by atoms with van der Waals surface area (Å²) in [5.74, 6) is -0.717. The Morgan fingerprint density at radius 2 is 2.00 bits per heavy atom. The fraction of sp³-hybridized carbons (Fsp3) is 0.235. The lowest BCUT2D eigenvalue weighted by molar-refractivity contribution is 0.0706. The van der Waals surface area contributed by atoms with Crippen LogP contribution in [0.1, 0.15) is 27.9 Å². The van der Waals surface area contributed by atoms with Crippen molar-refractivity contribution in [3.8, 4) is 0 Å². The molecule has 1 aliphatic rings. The Labute approximate surface area is 128 Å². The molecule has 2 aromatic carbocycles. The fourth-order valence-corrected chi connectivity index (χ4v) is 2.85. The van der Waals surface area contributed by atoms with E-state index in [1.165, 1.54) is 6.07 Å². The predicted molar refractivity (Wildman–Crippen MR) is 81.5 cm³/mol. The molecular formula is C17H17FN2O2. The Kier molecular flexibility index (Phi) is 4.06. The predicted octanol–water partition coefficient (Wildman–Crippen LogP) is 2.90. The molecule has 0 saturated carbocycles. The van der Waals surface area contributed by atoms with Crippen LogP contribution in [0.2, 0.25) is 0 Å². The zero-order chi connectivity index (χ0) is 15.5. The summed E-state index contributed by atoms with van der Waals surface area (Å²) in [5.41, 5.74) is 5.20. The van der Waals surface area contributed by atoms with Crippen LogP contribution in [0.4, 0.5) is 10.1 Å². The van der Waals surface area contributed by atoms with Gasteiger partial charge >= 0.3 is 0 Å². The third kappa shape index (κ3) is 2.94. The molecule has 3 rings (SSSR count). The number of amides is 1. The van der Waals surface area contributed by atoms with Crippen molar-refractivity contribution in [1.29, 1.82) is 0 Å². The van der Waals surface area contributed by atoms with E-state index >= 15 is 0 Å².